The molecule has 0 unspecified atom stereocenters. The molecule has 0 spiro atoms. The number of rotatable bonds is 6. The largest absolute Gasteiger partial charge is 0.379 e. The molecule has 0 atom stereocenters. The maximum atomic E-state index is 6.14. The van der Waals surface area contributed by atoms with Crippen LogP contribution < -0.4 is 10.2 Å². The minimum Gasteiger partial charge on any atom is -0.379 e. The van der Waals surface area contributed by atoms with Crippen LogP contribution in [0.1, 0.15) is 35.2 Å². The Kier molecular flexibility index (Phi) is 5.52. The summed E-state index contributed by atoms with van der Waals surface area (Å²) in [5, 5.41) is 4.37. The molecule has 3 heterocycles. The highest BCUT2D eigenvalue weighted by Crippen LogP contribution is 2.29. The van der Waals surface area contributed by atoms with Gasteiger partial charge in [0.15, 0.2) is 0 Å². The van der Waals surface area contributed by atoms with Crippen LogP contribution in [0.5, 0.6) is 0 Å². The average molecular weight is 419 g/mol. The molecule has 0 amide bonds. The quantitative estimate of drug-likeness (QED) is 0.564. The van der Waals surface area contributed by atoms with Gasteiger partial charge in [0, 0.05) is 47.5 Å². The molecule has 0 bridgehead atoms. The number of benzene rings is 2. The Morgan fingerprint density at radius 2 is 1.80 bits per heavy atom. The van der Waals surface area contributed by atoms with Gasteiger partial charge >= 0.3 is 0 Å². The summed E-state index contributed by atoms with van der Waals surface area (Å²) >= 11 is 6.14. The Labute approximate surface area is 183 Å². The van der Waals surface area contributed by atoms with Crippen LogP contribution in [0.2, 0.25) is 5.02 Å². The second-order valence-corrected chi connectivity index (χ2v) is 8.61. The fraction of sp³-hybridized carbons (Fsp3) is 0.280. The topological polar surface area (TPSA) is 34.3 Å². The summed E-state index contributed by atoms with van der Waals surface area (Å²) in [5.74, 6) is 0. The first kappa shape index (κ1) is 19.3. The summed E-state index contributed by atoms with van der Waals surface area (Å²) in [7, 11) is 0. The van der Waals surface area contributed by atoms with Gasteiger partial charge in [-0.25, -0.2) is 0 Å². The maximum Gasteiger partial charge on any atom is 0.0634 e. The Hall–Kier alpha value is -2.69. The van der Waals surface area contributed by atoms with Crippen molar-refractivity contribution in [3.8, 4) is 0 Å². The summed E-state index contributed by atoms with van der Waals surface area (Å²) < 4.78 is 0. The van der Waals surface area contributed by atoms with Crippen LogP contribution in [-0.4, -0.2) is 23.0 Å². The van der Waals surface area contributed by atoms with Crippen molar-refractivity contribution in [2.45, 2.75) is 32.5 Å². The number of H-pyrrole nitrogens is 1. The van der Waals surface area contributed by atoms with Crippen LogP contribution in [0.3, 0.4) is 0 Å². The smallest absolute Gasteiger partial charge is 0.0634 e. The second-order valence-electron chi connectivity index (χ2n) is 8.17. The monoisotopic (exact) mass is 418 g/mol. The predicted octanol–water partition coefficient (Wildman–Crippen LogP) is 5.37. The number of hydrogen-bond acceptors (Lipinski definition) is 3. The van der Waals surface area contributed by atoms with Gasteiger partial charge in [0.05, 0.1) is 12.2 Å². The van der Waals surface area contributed by atoms with Crippen LogP contribution >= 0.6 is 11.6 Å². The van der Waals surface area contributed by atoms with Crippen molar-refractivity contribution in [3.05, 3.63) is 94.4 Å². The SMILES string of the molecule is Clc1cccc(CNC2=CN(c3ccc(CN4CCCC4)cc3)Cc3[nH]ccc32)c1. The summed E-state index contributed by atoms with van der Waals surface area (Å²) in [6, 6.07) is 19.2. The molecule has 2 aromatic carbocycles. The lowest BCUT2D eigenvalue weighted by Gasteiger charge is -2.28. The van der Waals surface area contributed by atoms with Crippen LogP contribution in [0.4, 0.5) is 5.69 Å². The van der Waals surface area contributed by atoms with Crippen molar-refractivity contribution in [2.75, 3.05) is 18.0 Å². The minimum absolute atomic E-state index is 0.736. The molecule has 0 saturated carbocycles. The fourth-order valence-electron chi connectivity index (χ4n) is 4.37. The Bertz CT molecular complexity index is 1030. The molecule has 0 radical (unpaired) electrons. The summed E-state index contributed by atoms with van der Waals surface area (Å²) in [6.07, 6.45) is 6.90. The van der Waals surface area contributed by atoms with Crippen molar-refractivity contribution in [3.63, 3.8) is 0 Å². The Balaban J connectivity index is 1.32. The average Bonchev–Trinajstić information content (AvgIpc) is 3.44. The lowest BCUT2D eigenvalue weighted by atomic mass is 10.1. The van der Waals surface area contributed by atoms with E-state index in [2.05, 4.69) is 62.7 Å². The zero-order valence-electron chi connectivity index (χ0n) is 17.1. The minimum atomic E-state index is 0.736. The molecule has 1 fully saturated rings. The van der Waals surface area contributed by atoms with E-state index in [4.69, 9.17) is 11.6 Å². The van der Waals surface area contributed by atoms with E-state index in [1.165, 1.54) is 54.0 Å². The standard InChI is InChI=1S/C25H27ClN4/c26-21-5-3-4-20(14-21)15-28-25-18-30(17-24-23(25)10-11-27-24)22-8-6-19(7-9-22)16-29-12-1-2-13-29/h3-11,14,18,27-28H,1-2,12-13,15-17H2. The first-order valence-electron chi connectivity index (χ1n) is 10.7. The van der Waals surface area contributed by atoms with Gasteiger partial charge in [-0.2, -0.15) is 0 Å². The molecule has 30 heavy (non-hydrogen) atoms. The molecule has 4 nitrogen and oxygen atoms in total. The molecule has 2 aliphatic heterocycles. The van der Waals surface area contributed by atoms with Crippen LogP contribution in [-0.2, 0) is 19.6 Å². The van der Waals surface area contributed by atoms with E-state index in [-0.39, 0.29) is 0 Å². The zero-order valence-corrected chi connectivity index (χ0v) is 17.8. The van der Waals surface area contributed by atoms with E-state index >= 15 is 0 Å². The third-order valence-corrected chi connectivity index (χ3v) is 6.22. The number of likely N-dealkylation sites (tertiary alicyclic amines) is 1. The molecule has 1 saturated heterocycles. The Morgan fingerprint density at radius 3 is 2.60 bits per heavy atom. The van der Waals surface area contributed by atoms with E-state index in [1.807, 2.05) is 24.4 Å². The molecular formula is C25H27ClN4. The van der Waals surface area contributed by atoms with Gasteiger partial charge in [0.25, 0.3) is 0 Å². The number of nitrogens with one attached hydrogen (secondary N) is 2. The van der Waals surface area contributed by atoms with Crippen molar-refractivity contribution < 1.29 is 0 Å². The van der Waals surface area contributed by atoms with Gasteiger partial charge in [0.2, 0.25) is 0 Å². The molecule has 154 valence electrons. The van der Waals surface area contributed by atoms with Gasteiger partial charge in [-0.15, -0.1) is 0 Å². The van der Waals surface area contributed by atoms with Crippen LogP contribution in [0.25, 0.3) is 5.70 Å². The Morgan fingerprint density at radius 1 is 0.967 bits per heavy atom. The number of aromatic nitrogens is 1. The number of aromatic amines is 1. The highest BCUT2D eigenvalue weighted by atomic mass is 35.5. The van der Waals surface area contributed by atoms with Crippen molar-refractivity contribution in [1.82, 2.24) is 15.2 Å². The van der Waals surface area contributed by atoms with E-state index in [1.54, 1.807) is 0 Å². The molecular weight excluding hydrogens is 392 g/mol. The lowest BCUT2D eigenvalue weighted by molar-refractivity contribution is 0.331. The lowest BCUT2D eigenvalue weighted by Crippen LogP contribution is -2.25. The summed E-state index contributed by atoms with van der Waals surface area (Å²) in [5.41, 5.74) is 7.36. The van der Waals surface area contributed by atoms with Crippen molar-refractivity contribution in [1.29, 1.82) is 0 Å². The molecule has 3 aromatic rings. The van der Waals surface area contributed by atoms with Gasteiger partial charge in [-0.05, 0) is 67.4 Å². The van der Waals surface area contributed by atoms with E-state index < -0.39 is 0 Å². The first-order valence-corrected chi connectivity index (χ1v) is 11.1. The number of halogens is 1. The maximum absolute atomic E-state index is 6.14. The molecule has 1 aromatic heterocycles. The number of hydrogen-bond donors (Lipinski definition) is 2. The van der Waals surface area contributed by atoms with E-state index in [0.29, 0.717) is 0 Å². The zero-order chi connectivity index (χ0) is 20.3. The third-order valence-electron chi connectivity index (χ3n) is 5.98. The van der Waals surface area contributed by atoms with Crippen molar-refractivity contribution in [2.24, 2.45) is 0 Å². The van der Waals surface area contributed by atoms with E-state index in [9.17, 15) is 0 Å². The van der Waals surface area contributed by atoms with Gasteiger partial charge < -0.3 is 15.2 Å². The number of fused-ring (bicyclic) bond motifs is 1. The molecule has 5 heteroatoms. The van der Waals surface area contributed by atoms with Crippen molar-refractivity contribution >= 4 is 23.0 Å². The third kappa shape index (κ3) is 4.25. The molecule has 0 aliphatic carbocycles. The number of anilines is 1. The summed E-state index contributed by atoms with van der Waals surface area (Å²) in [6.45, 7) is 5.10. The molecule has 2 N–H and O–H groups in total. The number of nitrogens with zero attached hydrogens (tertiary/aromatic N) is 2. The van der Waals surface area contributed by atoms with Gasteiger partial charge in [-0.1, -0.05) is 35.9 Å². The molecule has 5 rings (SSSR count). The van der Waals surface area contributed by atoms with Crippen LogP contribution in [0, 0.1) is 0 Å². The first-order chi connectivity index (χ1) is 14.7. The normalized spacial score (nSPS) is 16.4. The molecule has 2 aliphatic rings. The summed E-state index contributed by atoms with van der Waals surface area (Å²) in [4.78, 5) is 8.25. The van der Waals surface area contributed by atoms with Gasteiger partial charge in [-0.3, -0.25) is 4.90 Å². The second kappa shape index (κ2) is 8.58. The highest BCUT2D eigenvalue weighted by molar-refractivity contribution is 6.30. The van der Waals surface area contributed by atoms with E-state index in [0.717, 1.165) is 30.4 Å². The fourth-order valence-corrected chi connectivity index (χ4v) is 4.58. The highest BCUT2D eigenvalue weighted by Gasteiger charge is 2.19. The predicted molar refractivity (Wildman–Crippen MR) is 124 cm³/mol. The van der Waals surface area contributed by atoms with Crippen LogP contribution in [0.15, 0.2) is 67.0 Å². The van der Waals surface area contributed by atoms with Gasteiger partial charge in [0.1, 0.15) is 0 Å².